The number of nitrogens with one attached hydrogen (secondary N) is 2. The van der Waals surface area contributed by atoms with Crippen molar-refractivity contribution < 1.29 is 18.0 Å². The zero-order chi connectivity index (χ0) is 20.1. The van der Waals surface area contributed by atoms with Crippen LogP contribution in [-0.2, 0) is 10.0 Å². The predicted molar refractivity (Wildman–Crippen MR) is 108 cm³/mol. The van der Waals surface area contributed by atoms with Crippen molar-refractivity contribution in [2.24, 2.45) is 0 Å². The first-order valence-corrected chi connectivity index (χ1v) is 11.1. The highest BCUT2D eigenvalue weighted by molar-refractivity contribution is 9.10. The maximum absolute atomic E-state index is 12.8. The van der Waals surface area contributed by atoms with Gasteiger partial charge < -0.3 is 0 Å². The zero-order valence-corrected chi connectivity index (χ0v) is 17.4. The van der Waals surface area contributed by atoms with E-state index in [9.17, 15) is 18.0 Å². The maximum Gasteiger partial charge on any atom is 0.269 e. The summed E-state index contributed by atoms with van der Waals surface area (Å²) < 4.78 is 27.7. The van der Waals surface area contributed by atoms with E-state index in [2.05, 4.69) is 26.8 Å². The standard InChI is InChI=1S/C19H20BrN3O4S/c20-16-8-4-6-14(12-16)18(24)21-22-19(25)15-7-5-9-17(13-15)28(26,27)23-10-2-1-3-11-23/h4-9,12-13H,1-3,10-11H2,(H,21,24)(H,22,25). The van der Waals surface area contributed by atoms with Crippen molar-refractivity contribution in [1.82, 2.24) is 15.2 Å². The lowest BCUT2D eigenvalue weighted by Crippen LogP contribution is -2.41. The van der Waals surface area contributed by atoms with Crippen LogP contribution in [0.1, 0.15) is 40.0 Å². The van der Waals surface area contributed by atoms with Gasteiger partial charge in [0.25, 0.3) is 11.8 Å². The van der Waals surface area contributed by atoms with Crippen molar-refractivity contribution in [3.05, 3.63) is 64.1 Å². The van der Waals surface area contributed by atoms with Gasteiger partial charge >= 0.3 is 0 Å². The molecule has 148 valence electrons. The SMILES string of the molecule is O=C(NNC(=O)c1cccc(S(=O)(=O)N2CCCCC2)c1)c1cccc(Br)c1. The van der Waals surface area contributed by atoms with Crippen molar-refractivity contribution >= 4 is 37.8 Å². The minimum atomic E-state index is -3.64. The topological polar surface area (TPSA) is 95.6 Å². The Hall–Kier alpha value is -2.23. The molecule has 0 spiro atoms. The van der Waals surface area contributed by atoms with Crippen LogP contribution in [0.25, 0.3) is 0 Å². The minimum absolute atomic E-state index is 0.0698. The summed E-state index contributed by atoms with van der Waals surface area (Å²) in [6.45, 7) is 0.975. The molecule has 3 rings (SSSR count). The number of sulfonamides is 1. The van der Waals surface area contributed by atoms with Crippen LogP contribution in [0.3, 0.4) is 0 Å². The van der Waals surface area contributed by atoms with Crippen LogP contribution in [0.15, 0.2) is 57.9 Å². The Morgan fingerprint density at radius 3 is 2.04 bits per heavy atom. The van der Waals surface area contributed by atoms with Crippen molar-refractivity contribution in [1.29, 1.82) is 0 Å². The number of hydrogen-bond donors (Lipinski definition) is 2. The molecule has 0 unspecified atom stereocenters. The van der Waals surface area contributed by atoms with Crippen LogP contribution < -0.4 is 10.9 Å². The van der Waals surface area contributed by atoms with E-state index in [1.807, 2.05) is 0 Å². The quantitative estimate of drug-likeness (QED) is 0.678. The third-order valence-corrected chi connectivity index (χ3v) is 6.81. The Morgan fingerprint density at radius 1 is 0.857 bits per heavy atom. The van der Waals surface area contributed by atoms with E-state index >= 15 is 0 Å². The van der Waals surface area contributed by atoms with Crippen LogP contribution in [0.2, 0.25) is 0 Å². The largest absolute Gasteiger partial charge is 0.269 e. The Bertz CT molecular complexity index is 988. The second-order valence-electron chi connectivity index (χ2n) is 6.41. The predicted octanol–water partition coefficient (Wildman–Crippen LogP) is 2.70. The normalized spacial score (nSPS) is 15.0. The van der Waals surface area contributed by atoms with Gasteiger partial charge in [0, 0.05) is 28.7 Å². The minimum Gasteiger partial charge on any atom is -0.267 e. The molecule has 0 aliphatic carbocycles. The Labute approximate surface area is 172 Å². The van der Waals surface area contributed by atoms with E-state index in [4.69, 9.17) is 0 Å². The lowest BCUT2D eigenvalue weighted by Gasteiger charge is -2.26. The Balaban J connectivity index is 1.69. The number of carbonyl (C=O) groups excluding carboxylic acids is 2. The highest BCUT2D eigenvalue weighted by Gasteiger charge is 2.26. The van der Waals surface area contributed by atoms with E-state index in [-0.39, 0.29) is 10.5 Å². The fourth-order valence-electron chi connectivity index (χ4n) is 2.94. The average Bonchev–Trinajstić information content (AvgIpc) is 2.72. The molecule has 2 aromatic rings. The first kappa shape index (κ1) is 20.5. The smallest absolute Gasteiger partial charge is 0.267 e. The summed E-state index contributed by atoms with van der Waals surface area (Å²) in [6.07, 6.45) is 2.69. The maximum atomic E-state index is 12.8. The summed E-state index contributed by atoms with van der Waals surface area (Å²) in [5, 5.41) is 0. The number of halogens is 1. The number of amides is 2. The van der Waals surface area contributed by atoms with Gasteiger partial charge in [-0.25, -0.2) is 8.42 Å². The fourth-order valence-corrected chi connectivity index (χ4v) is 4.90. The van der Waals surface area contributed by atoms with E-state index in [1.54, 1.807) is 24.3 Å². The molecule has 0 aromatic heterocycles. The molecule has 2 aromatic carbocycles. The number of benzene rings is 2. The molecule has 1 saturated heterocycles. The summed E-state index contributed by atoms with van der Waals surface area (Å²) in [4.78, 5) is 24.5. The highest BCUT2D eigenvalue weighted by atomic mass is 79.9. The third-order valence-electron chi connectivity index (χ3n) is 4.43. The molecule has 28 heavy (non-hydrogen) atoms. The number of hydrazine groups is 1. The van der Waals surface area contributed by atoms with Crippen molar-refractivity contribution in [3.8, 4) is 0 Å². The lowest BCUT2D eigenvalue weighted by atomic mass is 10.2. The summed E-state index contributed by atoms with van der Waals surface area (Å²) in [6, 6.07) is 12.5. The van der Waals surface area contributed by atoms with Gasteiger partial charge in [-0.2, -0.15) is 4.31 Å². The number of carbonyl (C=O) groups is 2. The number of hydrogen-bond acceptors (Lipinski definition) is 4. The fraction of sp³-hybridized carbons (Fsp3) is 0.263. The first-order chi connectivity index (χ1) is 13.4. The summed E-state index contributed by atoms with van der Waals surface area (Å²) in [5.74, 6) is -1.08. The van der Waals surface area contributed by atoms with E-state index < -0.39 is 21.8 Å². The molecule has 0 bridgehead atoms. The molecule has 0 radical (unpaired) electrons. The van der Waals surface area contributed by atoms with Gasteiger partial charge in [-0.15, -0.1) is 0 Å². The van der Waals surface area contributed by atoms with Crippen molar-refractivity contribution in [2.45, 2.75) is 24.2 Å². The van der Waals surface area contributed by atoms with Gasteiger partial charge in [0.15, 0.2) is 0 Å². The molecule has 0 saturated carbocycles. The molecule has 9 heteroatoms. The molecule has 2 N–H and O–H groups in total. The summed E-state index contributed by atoms with van der Waals surface area (Å²) >= 11 is 3.28. The van der Waals surface area contributed by atoms with Gasteiger partial charge in [0.05, 0.1) is 4.90 Å². The molecule has 1 heterocycles. The Kier molecular flexibility index (Phi) is 6.48. The van der Waals surface area contributed by atoms with Crippen LogP contribution >= 0.6 is 15.9 Å². The molecule has 1 fully saturated rings. The van der Waals surface area contributed by atoms with Gasteiger partial charge in [0.2, 0.25) is 10.0 Å². The average molecular weight is 466 g/mol. The number of piperidine rings is 1. The molecular weight excluding hydrogens is 446 g/mol. The summed E-state index contributed by atoms with van der Waals surface area (Å²) in [7, 11) is -3.64. The van der Waals surface area contributed by atoms with E-state index in [0.717, 1.165) is 23.7 Å². The molecule has 1 aliphatic heterocycles. The molecular formula is C19H20BrN3O4S. The highest BCUT2D eigenvalue weighted by Crippen LogP contribution is 2.21. The number of nitrogens with zero attached hydrogens (tertiary/aromatic N) is 1. The third kappa shape index (κ3) is 4.78. The van der Waals surface area contributed by atoms with E-state index in [0.29, 0.717) is 18.7 Å². The van der Waals surface area contributed by atoms with Crippen LogP contribution in [0.5, 0.6) is 0 Å². The number of rotatable bonds is 4. The van der Waals surface area contributed by atoms with Crippen LogP contribution in [0, 0.1) is 0 Å². The van der Waals surface area contributed by atoms with Gasteiger partial charge in [-0.3, -0.25) is 20.4 Å². The van der Waals surface area contributed by atoms with Crippen molar-refractivity contribution in [3.63, 3.8) is 0 Å². The monoisotopic (exact) mass is 465 g/mol. The second kappa shape index (κ2) is 8.85. The summed E-state index contributed by atoms with van der Waals surface area (Å²) in [5.41, 5.74) is 5.16. The first-order valence-electron chi connectivity index (χ1n) is 8.84. The van der Waals surface area contributed by atoms with Crippen molar-refractivity contribution in [2.75, 3.05) is 13.1 Å². The van der Waals surface area contributed by atoms with E-state index in [1.165, 1.54) is 28.6 Å². The second-order valence-corrected chi connectivity index (χ2v) is 9.26. The molecule has 0 atom stereocenters. The molecule has 1 aliphatic rings. The van der Waals surface area contributed by atoms with Gasteiger partial charge in [0.1, 0.15) is 0 Å². The Morgan fingerprint density at radius 2 is 1.43 bits per heavy atom. The zero-order valence-electron chi connectivity index (χ0n) is 15.0. The molecule has 2 amide bonds. The van der Waals surface area contributed by atoms with Crippen LogP contribution in [-0.4, -0.2) is 37.6 Å². The van der Waals surface area contributed by atoms with Gasteiger partial charge in [-0.1, -0.05) is 34.5 Å². The lowest BCUT2D eigenvalue weighted by molar-refractivity contribution is 0.0846. The van der Waals surface area contributed by atoms with Crippen LogP contribution in [0.4, 0.5) is 0 Å². The molecule has 7 nitrogen and oxygen atoms in total. The van der Waals surface area contributed by atoms with Gasteiger partial charge in [-0.05, 0) is 49.2 Å².